The molecule has 0 fully saturated rings. The fourth-order valence-corrected chi connectivity index (χ4v) is 3.45. The van der Waals surface area contributed by atoms with Gasteiger partial charge in [0.05, 0.1) is 30.9 Å². The molecule has 2 rings (SSSR count). The summed E-state index contributed by atoms with van der Waals surface area (Å²) >= 11 is 5.44. The highest BCUT2D eigenvalue weighted by Gasteiger charge is 2.36. The SMILES string of the molecule is CCOC(=O)C1=C(C)N([C@H](C)COC)C(=S)N[C@@H]1c1ccc(F)c(F)c1. The maximum atomic E-state index is 13.7. The molecule has 2 atom stereocenters. The number of thiocarbonyl (C=S) groups is 1. The number of esters is 1. The molecule has 1 heterocycles. The molecular weight excluding hydrogens is 362 g/mol. The van der Waals surface area contributed by atoms with Crippen LogP contribution in [0.15, 0.2) is 29.5 Å². The lowest BCUT2D eigenvalue weighted by molar-refractivity contribution is -0.139. The summed E-state index contributed by atoms with van der Waals surface area (Å²) in [5, 5.41) is 3.41. The largest absolute Gasteiger partial charge is 0.463 e. The Labute approximate surface area is 157 Å². The zero-order valence-electron chi connectivity index (χ0n) is 15.1. The van der Waals surface area contributed by atoms with Gasteiger partial charge in [0, 0.05) is 12.8 Å². The molecule has 0 saturated heterocycles. The normalized spacial score (nSPS) is 18.6. The second-order valence-electron chi connectivity index (χ2n) is 5.95. The van der Waals surface area contributed by atoms with Crippen molar-refractivity contribution < 1.29 is 23.0 Å². The first-order valence-electron chi connectivity index (χ1n) is 8.23. The van der Waals surface area contributed by atoms with Gasteiger partial charge in [0.2, 0.25) is 0 Å². The molecule has 0 aromatic heterocycles. The maximum Gasteiger partial charge on any atom is 0.338 e. The quantitative estimate of drug-likeness (QED) is 0.601. The summed E-state index contributed by atoms with van der Waals surface area (Å²) < 4.78 is 37.4. The fourth-order valence-electron chi connectivity index (χ4n) is 3.02. The second kappa shape index (κ2) is 8.55. The highest BCUT2D eigenvalue weighted by Crippen LogP contribution is 2.33. The molecule has 0 aliphatic carbocycles. The molecule has 142 valence electrons. The molecule has 0 amide bonds. The molecule has 0 radical (unpaired) electrons. The number of nitrogens with one attached hydrogen (secondary N) is 1. The Morgan fingerprint density at radius 2 is 2.08 bits per heavy atom. The van der Waals surface area contributed by atoms with Gasteiger partial charge in [-0.25, -0.2) is 13.6 Å². The molecule has 1 aromatic rings. The Hall–Kier alpha value is -2.06. The van der Waals surface area contributed by atoms with Crippen molar-refractivity contribution in [2.45, 2.75) is 32.9 Å². The average Bonchev–Trinajstić information content (AvgIpc) is 2.57. The van der Waals surface area contributed by atoms with Crippen LogP contribution in [-0.4, -0.2) is 42.3 Å². The van der Waals surface area contributed by atoms with Gasteiger partial charge >= 0.3 is 5.97 Å². The van der Waals surface area contributed by atoms with Crippen LogP contribution in [0, 0.1) is 11.6 Å². The average molecular weight is 384 g/mol. The van der Waals surface area contributed by atoms with E-state index in [0.29, 0.717) is 28.6 Å². The van der Waals surface area contributed by atoms with E-state index >= 15 is 0 Å². The zero-order chi connectivity index (χ0) is 19.4. The van der Waals surface area contributed by atoms with Crippen molar-refractivity contribution >= 4 is 23.3 Å². The van der Waals surface area contributed by atoms with Gasteiger partial charge in [-0.05, 0) is 50.7 Å². The van der Waals surface area contributed by atoms with Gasteiger partial charge in [0.25, 0.3) is 0 Å². The van der Waals surface area contributed by atoms with Gasteiger partial charge in [-0.15, -0.1) is 0 Å². The first-order valence-corrected chi connectivity index (χ1v) is 8.64. The van der Waals surface area contributed by atoms with E-state index in [2.05, 4.69) is 5.32 Å². The fraction of sp³-hybridized carbons (Fsp3) is 0.444. The molecule has 1 N–H and O–H groups in total. The number of carbonyl (C=O) groups excluding carboxylic acids is 1. The number of benzene rings is 1. The van der Waals surface area contributed by atoms with Crippen LogP contribution in [0.4, 0.5) is 8.78 Å². The number of rotatable bonds is 6. The second-order valence-corrected chi connectivity index (χ2v) is 6.34. The van der Waals surface area contributed by atoms with Crippen molar-refractivity contribution in [2.24, 2.45) is 0 Å². The van der Waals surface area contributed by atoms with Gasteiger partial charge in [0.1, 0.15) is 0 Å². The predicted molar refractivity (Wildman–Crippen MR) is 97.3 cm³/mol. The molecule has 0 spiro atoms. The van der Waals surface area contributed by atoms with Gasteiger partial charge in [-0.3, -0.25) is 0 Å². The molecule has 5 nitrogen and oxygen atoms in total. The maximum absolute atomic E-state index is 13.7. The highest BCUT2D eigenvalue weighted by atomic mass is 32.1. The lowest BCUT2D eigenvalue weighted by Crippen LogP contribution is -2.52. The van der Waals surface area contributed by atoms with E-state index in [1.54, 1.807) is 25.9 Å². The number of hydrogen-bond donors (Lipinski definition) is 1. The molecule has 8 heteroatoms. The number of methoxy groups -OCH3 is 1. The van der Waals surface area contributed by atoms with E-state index in [-0.39, 0.29) is 12.6 Å². The number of hydrogen-bond acceptors (Lipinski definition) is 4. The van der Waals surface area contributed by atoms with Crippen LogP contribution >= 0.6 is 12.2 Å². The van der Waals surface area contributed by atoms with Gasteiger partial charge in [-0.2, -0.15) is 0 Å². The molecule has 0 unspecified atom stereocenters. The molecule has 1 aliphatic heterocycles. The van der Waals surface area contributed by atoms with Crippen LogP contribution in [-0.2, 0) is 14.3 Å². The molecule has 0 bridgehead atoms. The highest BCUT2D eigenvalue weighted by molar-refractivity contribution is 7.80. The van der Waals surface area contributed by atoms with Crippen molar-refractivity contribution in [2.75, 3.05) is 20.3 Å². The number of nitrogens with zero attached hydrogens (tertiary/aromatic N) is 1. The van der Waals surface area contributed by atoms with E-state index in [4.69, 9.17) is 21.7 Å². The van der Waals surface area contributed by atoms with Gasteiger partial charge < -0.3 is 19.7 Å². The third-order valence-electron chi connectivity index (χ3n) is 4.15. The van der Waals surface area contributed by atoms with Crippen molar-refractivity contribution in [3.05, 3.63) is 46.7 Å². The summed E-state index contributed by atoms with van der Waals surface area (Å²) in [5.41, 5.74) is 1.27. The third-order valence-corrected chi connectivity index (χ3v) is 4.46. The smallest absolute Gasteiger partial charge is 0.338 e. The molecule has 1 aromatic carbocycles. The Kier molecular flexibility index (Phi) is 6.66. The zero-order valence-corrected chi connectivity index (χ0v) is 16.0. The summed E-state index contributed by atoms with van der Waals surface area (Å²) in [7, 11) is 1.58. The van der Waals surface area contributed by atoms with Crippen molar-refractivity contribution in [1.29, 1.82) is 0 Å². The van der Waals surface area contributed by atoms with Crippen molar-refractivity contribution in [3.63, 3.8) is 0 Å². The first-order chi connectivity index (χ1) is 12.3. The topological polar surface area (TPSA) is 50.8 Å². The molecule has 26 heavy (non-hydrogen) atoms. The minimum atomic E-state index is -0.994. The van der Waals surface area contributed by atoms with E-state index in [9.17, 15) is 13.6 Å². The summed E-state index contributed by atoms with van der Waals surface area (Å²) in [6, 6.07) is 2.63. The Bertz CT molecular complexity index is 739. The van der Waals surface area contributed by atoms with Crippen LogP contribution in [0.1, 0.15) is 32.4 Å². The Balaban J connectivity index is 2.55. The minimum absolute atomic E-state index is 0.129. The van der Waals surface area contributed by atoms with E-state index in [1.807, 2.05) is 6.92 Å². The number of ether oxygens (including phenoxy) is 2. The third kappa shape index (κ3) is 4.02. The standard InChI is InChI=1S/C18H22F2N2O3S/c1-5-25-17(23)15-11(3)22(10(2)9-24-4)18(26)21-16(15)12-6-7-13(19)14(20)8-12/h6-8,10,16H,5,9H2,1-4H3,(H,21,26)/t10-,16-/m1/s1. The van der Waals surface area contributed by atoms with E-state index < -0.39 is 23.6 Å². The lowest BCUT2D eigenvalue weighted by atomic mass is 9.94. The van der Waals surface area contributed by atoms with Crippen molar-refractivity contribution in [1.82, 2.24) is 10.2 Å². The van der Waals surface area contributed by atoms with Crippen LogP contribution in [0.5, 0.6) is 0 Å². The van der Waals surface area contributed by atoms with Crippen molar-refractivity contribution in [3.8, 4) is 0 Å². The summed E-state index contributed by atoms with van der Waals surface area (Å²) in [4.78, 5) is 14.4. The number of allylic oxidation sites excluding steroid dienone is 1. The minimum Gasteiger partial charge on any atom is -0.463 e. The molecule has 1 aliphatic rings. The predicted octanol–water partition coefficient (Wildman–Crippen LogP) is 3.07. The Morgan fingerprint density at radius 3 is 2.65 bits per heavy atom. The monoisotopic (exact) mass is 384 g/mol. The Morgan fingerprint density at radius 1 is 1.38 bits per heavy atom. The first kappa shape index (κ1) is 20.3. The van der Waals surface area contributed by atoms with E-state index in [0.717, 1.165) is 12.1 Å². The number of halogens is 2. The van der Waals surface area contributed by atoms with Crippen LogP contribution in [0.3, 0.4) is 0 Å². The molecular formula is C18H22F2N2O3S. The van der Waals surface area contributed by atoms with Crippen LogP contribution in [0.2, 0.25) is 0 Å². The summed E-state index contributed by atoms with van der Waals surface area (Å²) in [5.74, 6) is -2.49. The van der Waals surface area contributed by atoms with Crippen LogP contribution < -0.4 is 5.32 Å². The van der Waals surface area contributed by atoms with Gasteiger partial charge in [0.15, 0.2) is 16.7 Å². The van der Waals surface area contributed by atoms with E-state index in [1.165, 1.54) is 6.07 Å². The van der Waals surface area contributed by atoms with Crippen LogP contribution in [0.25, 0.3) is 0 Å². The number of carbonyl (C=O) groups is 1. The molecule has 0 saturated carbocycles. The van der Waals surface area contributed by atoms with Gasteiger partial charge in [-0.1, -0.05) is 6.07 Å². The summed E-state index contributed by atoms with van der Waals surface area (Å²) in [6.45, 7) is 5.94. The lowest BCUT2D eigenvalue weighted by Gasteiger charge is -2.40. The summed E-state index contributed by atoms with van der Waals surface area (Å²) in [6.07, 6.45) is 0.